The topological polar surface area (TPSA) is 170 Å². The van der Waals surface area contributed by atoms with Crippen LogP contribution in [0.3, 0.4) is 0 Å². The number of hydrogen-bond acceptors (Lipinski definition) is 7. The molecule has 0 radical (unpaired) electrons. The zero-order valence-corrected chi connectivity index (χ0v) is 12.6. The Labute approximate surface area is 131 Å². The van der Waals surface area contributed by atoms with Gasteiger partial charge in [-0.1, -0.05) is 0 Å². The van der Waals surface area contributed by atoms with Crippen LogP contribution in [0.5, 0.6) is 5.75 Å². The minimum atomic E-state index is -0.612. The number of nitro groups is 1. The zero-order chi connectivity index (χ0) is 17.4. The molecule has 11 nitrogen and oxygen atoms in total. The quantitative estimate of drug-likeness (QED) is 0.238. The summed E-state index contributed by atoms with van der Waals surface area (Å²) in [5, 5.41) is 20.6. The molecule has 23 heavy (non-hydrogen) atoms. The lowest BCUT2D eigenvalue weighted by Crippen LogP contribution is -2.25. The van der Waals surface area contributed by atoms with Gasteiger partial charge in [0.15, 0.2) is 0 Å². The first-order valence-electron chi connectivity index (χ1n) is 6.32. The number of guanidine groups is 1. The van der Waals surface area contributed by atoms with Gasteiger partial charge in [0.1, 0.15) is 11.4 Å². The van der Waals surface area contributed by atoms with Crippen molar-refractivity contribution >= 4 is 29.0 Å². The average molecular weight is 323 g/mol. The predicted molar refractivity (Wildman–Crippen MR) is 84.9 cm³/mol. The number of carbonyl (C=O) groups is 1. The van der Waals surface area contributed by atoms with Crippen molar-refractivity contribution in [1.82, 2.24) is 5.53 Å². The van der Waals surface area contributed by atoms with Gasteiger partial charge >= 0.3 is 0 Å². The van der Waals surface area contributed by atoms with Crippen molar-refractivity contribution in [2.24, 2.45) is 21.7 Å². The van der Waals surface area contributed by atoms with E-state index >= 15 is 0 Å². The number of benzene rings is 1. The van der Waals surface area contributed by atoms with E-state index in [0.717, 1.165) is 0 Å². The zero-order valence-electron chi connectivity index (χ0n) is 12.6. The second-order valence-electron chi connectivity index (χ2n) is 4.35. The number of carbonyl (C=O) groups excluding carboxylic acids is 1. The van der Waals surface area contributed by atoms with Gasteiger partial charge in [-0.3, -0.25) is 14.9 Å². The maximum Gasteiger partial charge on any atom is 0.296 e. The first-order valence-corrected chi connectivity index (χ1v) is 6.32. The standard InChI is InChI=1S/C12H17N7O4/c1-7(16-18-17-12(13)14)5-11(20)15-9-4-3-8(23-2)6-10(9)19(21)22/h3-4,6,18H,5H2,1-2H3,(H,15,20)(H4,13,14,17)/b16-7+. The summed E-state index contributed by atoms with van der Waals surface area (Å²) in [4.78, 5) is 22.3. The smallest absolute Gasteiger partial charge is 0.296 e. The molecule has 0 aliphatic rings. The number of rotatable bonds is 7. The van der Waals surface area contributed by atoms with Crippen molar-refractivity contribution in [3.8, 4) is 5.75 Å². The average Bonchev–Trinajstić information content (AvgIpc) is 2.46. The lowest BCUT2D eigenvalue weighted by molar-refractivity contribution is -0.384. The van der Waals surface area contributed by atoms with Crippen molar-refractivity contribution in [3.05, 3.63) is 28.3 Å². The predicted octanol–water partition coefficient (Wildman–Crippen LogP) is 0.0859. The molecular formula is C12H17N7O4. The summed E-state index contributed by atoms with van der Waals surface area (Å²) >= 11 is 0. The highest BCUT2D eigenvalue weighted by Crippen LogP contribution is 2.28. The Hall–Kier alpha value is -3.37. The van der Waals surface area contributed by atoms with Crippen molar-refractivity contribution in [3.63, 3.8) is 0 Å². The van der Waals surface area contributed by atoms with E-state index in [1.54, 1.807) is 6.92 Å². The number of methoxy groups -OCH3 is 1. The third kappa shape index (κ3) is 5.87. The Bertz CT molecular complexity index is 653. The monoisotopic (exact) mass is 323 g/mol. The van der Waals surface area contributed by atoms with Gasteiger partial charge in [0.05, 0.1) is 24.5 Å². The van der Waals surface area contributed by atoms with E-state index in [1.165, 1.54) is 25.3 Å². The van der Waals surface area contributed by atoms with E-state index in [4.69, 9.17) is 16.2 Å². The Balaban J connectivity index is 2.77. The van der Waals surface area contributed by atoms with Gasteiger partial charge in [-0.15, -0.1) is 5.10 Å². The van der Waals surface area contributed by atoms with Crippen LogP contribution < -0.4 is 27.1 Å². The largest absolute Gasteiger partial charge is 0.496 e. The van der Waals surface area contributed by atoms with Crippen LogP contribution in [-0.4, -0.2) is 29.6 Å². The van der Waals surface area contributed by atoms with E-state index in [1.807, 2.05) is 0 Å². The Morgan fingerprint density at radius 1 is 1.39 bits per heavy atom. The molecule has 1 aromatic carbocycles. The number of amides is 1. The number of nitrogens with zero attached hydrogens (tertiary/aromatic N) is 3. The number of nitrogens with two attached hydrogens (primary N) is 2. The number of ether oxygens (including phenoxy) is 1. The molecule has 0 saturated heterocycles. The fourth-order valence-electron chi connectivity index (χ4n) is 1.53. The summed E-state index contributed by atoms with van der Waals surface area (Å²) < 4.78 is 4.92. The number of hydrogen-bond donors (Lipinski definition) is 4. The second kappa shape index (κ2) is 8.17. The highest BCUT2D eigenvalue weighted by molar-refractivity contribution is 6.06. The Morgan fingerprint density at radius 2 is 2.09 bits per heavy atom. The lowest BCUT2D eigenvalue weighted by Gasteiger charge is -2.07. The van der Waals surface area contributed by atoms with E-state index in [2.05, 4.69) is 21.1 Å². The molecular weight excluding hydrogens is 306 g/mol. The lowest BCUT2D eigenvalue weighted by atomic mass is 10.2. The molecule has 0 aromatic heterocycles. The Morgan fingerprint density at radius 3 is 2.65 bits per heavy atom. The molecule has 0 aliphatic heterocycles. The summed E-state index contributed by atoms with van der Waals surface area (Å²) in [7, 11) is 1.39. The second-order valence-corrected chi connectivity index (χ2v) is 4.35. The van der Waals surface area contributed by atoms with Crippen LogP contribution >= 0.6 is 0 Å². The number of nitro benzene ring substituents is 1. The summed E-state index contributed by atoms with van der Waals surface area (Å²) in [6.07, 6.45) is -0.101. The van der Waals surface area contributed by atoms with E-state index < -0.39 is 10.8 Å². The van der Waals surface area contributed by atoms with E-state index in [9.17, 15) is 14.9 Å². The van der Waals surface area contributed by atoms with Crippen LogP contribution in [0.4, 0.5) is 11.4 Å². The van der Waals surface area contributed by atoms with Crippen LogP contribution in [0, 0.1) is 10.1 Å². The van der Waals surface area contributed by atoms with Crippen LogP contribution in [0.2, 0.25) is 0 Å². The fourth-order valence-corrected chi connectivity index (χ4v) is 1.53. The molecule has 1 rings (SSSR count). The highest BCUT2D eigenvalue weighted by atomic mass is 16.6. The maximum atomic E-state index is 11.9. The van der Waals surface area contributed by atoms with Crippen molar-refractivity contribution in [2.75, 3.05) is 12.4 Å². The van der Waals surface area contributed by atoms with E-state index in [0.29, 0.717) is 11.5 Å². The van der Waals surface area contributed by atoms with Gasteiger partial charge in [0.2, 0.25) is 11.9 Å². The molecule has 1 aromatic rings. The summed E-state index contributed by atoms with van der Waals surface area (Å²) in [5.74, 6) is -0.375. The van der Waals surface area contributed by atoms with Gasteiger partial charge < -0.3 is 21.5 Å². The summed E-state index contributed by atoms with van der Waals surface area (Å²) in [6.45, 7) is 1.57. The minimum absolute atomic E-state index is 0.0609. The molecule has 0 saturated carbocycles. The number of anilines is 1. The third-order valence-electron chi connectivity index (χ3n) is 2.51. The van der Waals surface area contributed by atoms with Crippen molar-refractivity contribution < 1.29 is 14.5 Å². The number of hydrazone groups is 2. The van der Waals surface area contributed by atoms with Crippen molar-refractivity contribution in [1.29, 1.82) is 0 Å². The molecule has 124 valence electrons. The normalized spacial score (nSPS) is 10.6. The first kappa shape index (κ1) is 17.7. The van der Waals surface area contributed by atoms with Gasteiger partial charge in [0, 0.05) is 5.71 Å². The molecule has 0 atom stereocenters. The van der Waals surface area contributed by atoms with Gasteiger partial charge in [-0.05, 0) is 19.1 Å². The summed E-state index contributed by atoms with van der Waals surface area (Å²) in [5.41, 5.74) is 12.6. The molecule has 1 amide bonds. The SMILES string of the molecule is COc1ccc(NC(=O)C/C(C)=N/NN=C(N)N)c([N+](=O)[O-])c1. The molecule has 0 bridgehead atoms. The number of nitrogens with one attached hydrogen (secondary N) is 2. The molecule has 0 fully saturated rings. The molecule has 11 heteroatoms. The van der Waals surface area contributed by atoms with Crippen LogP contribution in [-0.2, 0) is 4.79 Å². The fraction of sp³-hybridized carbons (Fsp3) is 0.250. The van der Waals surface area contributed by atoms with Crippen LogP contribution in [0.25, 0.3) is 0 Å². The van der Waals surface area contributed by atoms with Crippen LogP contribution in [0.1, 0.15) is 13.3 Å². The van der Waals surface area contributed by atoms with E-state index in [-0.39, 0.29) is 23.8 Å². The van der Waals surface area contributed by atoms with Gasteiger partial charge in [-0.25, -0.2) is 0 Å². The minimum Gasteiger partial charge on any atom is -0.496 e. The summed E-state index contributed by atoms with van der Waals surface area (Å²) in [6, 6.07) is 4.11. The maximum absolute atomic E-state index is 11.9. The molecule has 0 aliphatic carbocycles. The molecule has 0 spiro atoms. The van der Waals surface area contributed by atoms with Gasteiger partial charge in [-0.2, -0.15) is 10.6 Å². The molecule has 0 heterocycles. The first-order chi connectivity index (χ1) is 10.8. The Kier molecular flexibility index (Phi) is 6.28. The van der Waals surface area contributed by atoms with Crippen molar-refractivity contribution in [2.45, 2.75) is 13.3 Å². The molecule has 6 N–H and O–H groups in total. The highest BCUT2D eigenvalue weighted by Gasteiger charge is 2.17. The third-order valence-corrected chi connectivity index (χ3v) is 2.51. The van der Waals surface area contributed by atoms with Gasteiger partial charge in [0.25, 0.3) is 5.69 Å². The molecule has 0 unspecified atom stereocenters. The van der Waals surface area contributed by atoms with Crippen LogP contribution in [0.15, 0.2) is 28.4 Å².